The lowest BCUT2D eigenvalue weighted by Gasteiger charge is -2.22. The van der Waals surface area contributed by atoms with E-state index in [1.54, 1.807) is 0 Å². The minimum absolute atomic E-state index is 0.0397. The first-order valence-electron chi connectivity index (χ1n) is 5.93. The largest absolute Gasteiger partial charge is 0.346 e. The zero-order chi connectivity index (χ0) is 12.3. The third kappa shape index (κ3) is 2.74. The van der Waals surface area contributed by atoms with Gasteiger partial charge in [-0.15, -0.1) is 0 Å². The summed E-state index contributed by atoms with van der Waals surface area (Å²) in [6, 6.07) is 10.0. The van der Waals surface area contributed by atoms with Crippen LogP contribution in [0, 0.1) is 0 Å². The summed E-state index contributed by atoms with van der Waals surface area (Å²) in [6.45, 7) is 5.59. The topological polar surface area (TPSA) is 41.1 Å². The van der Waals surface area contributed by atoms with Crippen LogP contribution in [0.25, 0.3) is 0 Å². The van der Waals surface area contributed by atoms with Gasteiger partial charge in [0.05, 0.1) is 6.04 Å². The summed E-state index contributed by atoms with van der Waals surface area (Å²) in [6.07, 6.45) is 0. The molecule has 2 rings (SSSR count). The Morgan fingerprint density at radius 2 is 1.94 bits per heavy atom. The van der Waals surface area contributed by atoms with Crippen LogP contribution in [0.1, 0.15) is 25.5 Å². The van der Waals surface area contributed by atoms with Gasteiger partial charge in [-0.25, -0.2) is 0 Å². The summed E-state index contributed by atoms with van der Waals surface area (Å²) in [5, 5.41) is 6.16. The van der Waals surface area contributed by atoms with E-state index < -0.39 is 0 Å². The normalized spacial score (nSPS) is 16.0. The Hall–Kier alpha value is -1.61. The summed E-state index contributed by atoms with van der Waals surface area (Å²) in [7, 11) is 0. The number of carbonyl (C=O) groups excluding carboxylic acids is 1. The highest BCUT2D eigenvalue weighted by Crippen LogP contribution is 2.14. The molecule has 1 saturated heterocycles. The predicted molar refractivity (Wildman–Crippen MR) is 68.6 cm³/mol. The third-order valence-corrected chi connectivity index (χ3v) is 3.19. The molecule has 0 saturated carbocycles. The summed E-state index contributed by atoms with van der Waals surface area (Å²) >= 11 is 0. The lowest BCUT2D eigenvalue weighted by molar-refractivity contribution is -0.118. The Balaban J connectivity index is 1.99. The minimum atomic E-state index is 0.0397. The summed E-state index contributed by atoms with van der Waals surface area (Å²) in [5.41, 5.74) is 3.19. The van der Waals surface area contributed by atoms with Gasteiger partial charge in [0.2, 0.25) is 5.91 Å². The molecule has 1 aliphatic heterocycles. The molecule has 0 radical (unpaired) electrons. The lowest BCUT2D eigenvalue weighted by Crippen LogP contribution is -2.38. The summed E-state index contributed by atoms with van der Waals surface area (Å²) in [4.78, 5) is 12.0. The number of hydrogen-bond donors (Lipinski definition) is 2. The standard InChI is InChI=1S/C14H18N2O/c1-10(13-8-15-9-13)14(17)16-11(2)12-6-4-3-5-7-12/h3-7,11,15H,8-9H2,1-2H3,(H,16,17)/t11-/m0/s1. The van der Waals surface area contributed by atoms with E-state index in [0.717, 1.165) is 24.2 Å². The molecule has 1 heterocycles. The molecule has 3 heteroatoms. The van der Waals surface area contributed by atoms with E-state index in [1.807, 2.05) is 44.2 Å². The van der Waals surface area contributed by atoms with Gasteiger partial charge in [0.15, 0.2) is 0 Å². The third-order valence-electron chi connectivity index (χ3n) is 3.19. The van der Waals surface area contributed by atoms with Crippen LogP contribution in [0.3, 0.4) is 0 Å². The van der Waals surface area contributed by atoms with Gasteiger partial charge in [-0.1, -0.05) is 30.3 Å². The maximum absolute atomic E-state index is 12.0. The molecule has 0 unspecified atom stereocenters. The van der Waals surface area contributed by atoms with E-state index in [0.29, 0.717) is 0 Å². The molecule has 1 aliphatic rings. The number of benzene rings is 1. The van der Waals surface area contributed by atoms with Crippen LogP contribution in [0.15, 0.2) is 41.5 Å². The van der Waals surface area contributed by atoms with Crippen molar-refractivity contribution in [1.29, 1.82) is 0 Å². The highest BCUT2D eigenvalue weighted by atomic mass is 16.1. The van der Waals surface area contributed by atoms with Gasteiger partial charge < -0.3 is 10.6 Å². The van der Waals surface area contributed by atoms with Crippen molar-refractivity contribution in [2.75, 3.05) is 13.1 Å². The molecule has 2 N–H and O–H groups in total. The van der Waals surface area contributed by atoms with Gasteiger partial charge in [0.1, 0.15) is 0 Å². The molecule has 1 fully saturated rings. The fourth-order valence-corrected chi connectivity index (χ4v) is 1.81. The van der Waals surface area contributed by atoms with Gasteiger partial charge in [0, 0.05) is 18.7 Å². The SMILES string of the molecule is CC(C(=O)N[C@@H](C)c1ccccc1)=C1CNC1. The Morgan fingerprint density at radius 3 is 2.47 bits per heavy atom. The lowest BCUT2D eigenvalue weighted by atomic mass is 10.0. The van der Waals surface area contributed by atoms with Crippen LogP contribution in [0.4, 0.5) is 0 Å². The second kappa shape index (κ2) is 5.15. The quantitative estimate of drug-likeness (QED) is 0.777. The Labute approximate surface area is 102 Å². The van der Waals surface area contributed by atoms with Gasteiger partial charge in [0.25, 0.3) is 0 Å². The van der Waals surface area contributed by atoms with Crippen molar-refractivity contribution >= 4 is 5.91 Å². The van der Waals surface area contributed by atoms with Gasteiger partial charge >= 0.3 is 0 Å². The summed E-state index contributed by atoms with van der Waals surface area (Å²) < 4.78 is 0. The molecule has 3 nitrogen and oxygen atoms in total. The summed E-state index contributed by atoms with van der Waals surface area (Å²) in [5.74, 6) is 0.0397. The first-order valence-corrected chi connectivity index (χ1v) is 5.93. The van der Waals surface area contributed by atoms with E-state index in [2.05, 4.69) is 10.6 Å². The highest BCUT2D eigenvalue weighted by molar-refractivity contribution is 5.94. The minimum Gasteiger partial charge on any atom is -0.346 e. The maximum atomic E-state index is 12.0. The van der Waals surface area contributed by atoms with Crippen molar-refractivity contribution in [2.45, 2.75) is 19.9 Å². The monoisotopic (exact) mass is 230 g/mol. The number of nitrogens with one attached hydrogen (secondary N) is 2. The average Bonchev–Trinajstić information content (AvgIpc) is 2.27. The molecule has 0 bridgehead atoms. The number of rotatable bonds is 3. The first-order chi connectivity index (χ1) is 8.18. The van der Waals surface area contributed by atoms with Crippen molar-refractivity contribution in [3.8, 4) is 0 Å². The molecular weight excluding hydrogens is 212 g/mol. The fourth-order valence-electron chi connectivity index (χ4n) is 1.81. The van der Waals surface area contributed by atoms with Gasteiger partial charge in [-0.05, 0) is 25.0 Å². The van der Waals surface area contributed by atoms with Crippen LogP contribution in [-0.2, 0) is 4.79 Å². The van der Waals surface area contributed by atoms with E-state index in [9.17, 15) is 4.79 Å². The molecule has 1 aromatic carbocycles. The van der Waals surface area contributed by atoms with Gasteiger partial charge in [-0.2, -0.15) is 0 Å². The Morgan fingerprint density at radius 1 is 1.29 bits per heavy atom. The average molecular weight is 230 g/mol. The van der Waals surface area contributed by atoms with Gasteiger partial charge in [-0.3, -0.25) is 4.79 Å². The second-order valence-electron chi connectivity index (χ2n) is 4.44. The molecule has 1 atom stereocenters. The molecule has 90 valence electrons. The first kappa shape index (κ1) is 11.9. The van der Waals surface area contributed by atoms with E-state index >= 15 is 0 Å². The van der Waals surface area contributed by atoms with E-state index in [-0.39, 0.29) is 11.9 Å². The molecule has 0 aromatic heterocycles. The smallest absolute Gasteiger partial charge is 0.247 e. The van der Waals surface area contributed by atoms with Crippen LogP contribution in [-0.4, -0.2) is 19.0 Å². The van der Waals surface area contributed by atoms with Crippen LogP contribution < -0.4 is 10.6 Å². The van der Waals surface area contributed by atoms with E-state index in [1.165, 1.54) is 5.57 Å². The van der Waals surface area contributed by atoms with Crippen molar-refractivity contribution in [3.63, 3.8) is 0 Å². The zero-order valence-electron chi connectivity index (χ0n) is 10.3. The predicted octanol–water partition coefficient (Wildman–Crippen LogP) is 1.78. The van der Waals surface area contributed by atoms with Crippen molar-refractivity contribution < 1.29 is 4.79 Å². The fraction of sp³-hybridized carbons (Fsp3) is 0.357. The Kier molecular flexibility index (Phi) is 3.59. The Bertz CT molecular complexity index is 431. The number of hydrogen-bond acceptors (Lipinski definition) is 2. The second-order valence-corrected chi connectivity index (χ2v) is 4.44. The zero-order valence-corrected chi connectivity index (χ0v) is 10.3. The molecule has 1 aromatic rings. The molecule has 17 heavy (non-hydrogen) atoms. The van der Waals surface area contributed by atoms with Crippen LogP contribution >= 0.6 is 0 Å². The van der Waals surface area contributed by atoms with Crippen molar-refractivity contribution in [3.05, 3.63) is 47.0 Å². The number of amides is 1. The van der Waals surface area contributed by atoms with Crippen LogP contribution in [0.5, 0.6) is 0 Å². The molecule has 0 spiro atoms. The molecular formula is C14H18N2O. The highest BCUT2D eigenvalue weighted by Gasteiger charge is 2.17. The van der Waals surface area contributed by atoms with E-state index in [4.69, 9.17) is 0 Å². The molecule has 0 aliphatic carbocycles. The van der Waals surface area contributed by atoms with Crippen molar-refractivity contribution in [2.24, 2.45) is 0 Å². The molecule has 1 amide bonds. The van der Waals surface area contributed by atoms with Crippen LogP contribution in [0.2, 0.25) is 0 Å². The van der Waals surface area contributed by atoms with Crippen molar-refractivity contribution in [1.82, 2.24) is 10.6 Å². The maximum Gasteiger partial charge on any atom is 0.247 e. The number of carbonyl (C=O) groups is 1.